The molecule has 1 saturated heterocycles. The largest absolute Gasteiger partial charge is 0.455 e. The van der Waals surface area contributed by atoms with E-state index in [1.165, 1.54) is 18.0 Å². The van der Waals surface area contributed by atoms with E-state index in [9.17, 15) is 4.79 Å². The van der Waals surface area contributed by atoms with Crippen molar-refractivity contribution >= 4 is 40.7 Å². The zero-order valence-corrected chi connectivity index (χ0v) is 13.2. The molecule has 2 aromatic rings. The van der Waals surface area contributed by atoms with Crippen molar-refractivity contribution in [2.75, 3.05) is 5.75 Å². The number of thioether (sulfide) groups is 1. The number of hydrogen-bond donors (Lipinski definition) is 1. The van der Waals surface area contributed by atoms with Gasteiger partial charge in [-0.15, -0.1) is 5.10 Å². The van der Waals surface area contributed by atoms with E-state index in [1.54, 1.807) is 6.07 Å². The van der Waals surface area contributed by atoms with Crippen LogP contribution in [-0.2, 0) is 4.79 Å². The Bertz CT molecular complexity index is 783. The van der Waals surface area contributed by atoms with Gasteiger partial charge in [-0.1, -0.05) is 35.5 Å². The first-order valence-corrected chi connectivity index (χ1v) is 7.89. The average molecular weight is 334 g/mol. The number of benzene rings is 1. The summed E-state index contributed by atoms with van der Waals surface area (Å²) < 4.78 is 5.72. The van der Waals surface area contributed by atoms with Gasteiger partial charge >= 0.3 is 0 Å². The maximum absolute atomic E-state index is 11.0. The fourth-order valence-corrected chi connectivity index (χ4v) is 2.76. The summed E-state index contributed by atoms with van der Waals surface area (Å²) in [6.07, 6.45) is 1.50. The SMILES string of the molecule is Cc1c(Cl)cccc1-c1ccc(C=N/N=C2/NC(=O)CS2)o1. The molecule has 1 amide bonds. The highest BCUT2D eigenvalue weighted by Crippen LogP contribution is 2.29. The van der Waals surface area contributed by atoms with Crippen LogP contribution in [0.25, 0.3) is 11.3 Å². The van der Waals surface area contributed by atoms with Crippen LogP contribution in [0.15, 0.2) is 45.0 Å². The van der Waals surface area contributed by atoms with Crippen LogP contribution in [0, 0.1) is 6.92 Å². The monoisotopic (exact) mass is 333 g/mol. The molecular formula is C15H12ClN3O2S. The van der Waals surface area contributed by atoms with E-state index < -0.39 is 0 Å². The molecule has 1 aliphatic rings. The summed E-state index contributed by atoms with van der Waals surface area (Å²) in [7, 11) is 0. The molecule has 112 valence electrons. The molecule has 2 heterocycles. The molecule has 1 aliphatic heterocycles. The van der Waals surface area contributed by atoms with E-state index >= 15 is 0 Å². The van der Waals surface area contributed by atoms with Gasteiger partial charge in [-0.2, -0.15) is 5.10 Å². The Morgan fingerprint density at radius 2 is 2.23 bits per heavy atom. The standard InChI is InChI=1S/C15H12ClN3O2S/c1-9-11(3-2-4-12(9)16)13-6-5-10(21-13)7-17-19-15-18-14(20)8-22-15/h2-7H,8H2,1H3,(H,18,19,20). The number of carbonyl (C=O) groups is 1. The Morgan fingerprint density at radius 1 is 1.36 bits per heavy atom. The Labute approximate surface area is 136 Å². The zero-order valence-electron chi connectivity index (χ0n) is 11.7. The minimum Gasteiger partial charge on any atom is -0.455 e. The van der Waals surface area contributed by atoms with Crippen LogP contribution in [0.5, 0.6) is 0 Å². The highest BCUT2D eigenvalue weighted by atomic mass is 35.5. The minimum atomic E-state index is -0.0596. The molecular weight excluding hydrogens is 322 g/mol. The normalized spacial score (nSPS) is 16.6. The van der Waals surface area contributed by atoms with Crippen molar-refractivity contribution in [3.63, 3.8) is 0 Å². The summed E-state index contributed by atoms with van der Waals surface area (Å²) in [5, 5.41) is 11.6. The van der Waals surface area contributed by atoms with Gasteiger partial charge in [0.15, 0.2) is 5.17 Å². The molecule has 22 heavy (non-hydrogen) atoms. The van der Waals surface area contributed by atoms with E-state index in [1.807, 2.05) is 31.2 Å². The molecule has 5 nitrogen and oxygen atoms in total. The molecule has 1 fully saturated rings. The second kappa shape index (κ2) is 6.37. The average Bonchev–Trinajstić information content (AvgIpc) is 3.12. The summed E-state index contributed by atoms with van der Waals surface area (Å²) >= 11 is 7.44. The Balaban J connectivity index is 1.77. The van der Waals surface area contributed by atoms with Crippen LogP contribution < -0.4 is 5.32 Å². The maximum Gasteiger partial charge on any atom is 0.236 e. The van der Waals surface area contributed by atoms with Crippen LogP contribution in [0.4, 0.5) is 0 Å². The number of carbonyl (C=O) groups excluding carboxylic acids is 1. The van der Waals surface area contributed by atoms with Crippen LogP contribution in [0.2, 0.25) is 5.02 Å². The van der Waals surface area contributed by atoms with Crippen LogP contribution in [0.3, 0.4) is 0 Å². The number of amidine groups is 1. The first-order valence-electron chi connectivity index (χ1n) is 6.52. The van der Waals surface area contributed by atoms with Gasteiger partial charge in [0.25, 0.3) is 0 Å². The van der Waals surface area contributed by atoms with Crippen molar-refractivity contribution in [2.45, 2.75) is 6.92 Å². The van der Waals surface area contributed by atoms with E-state index in [0.717, 1.165) is 16.9 Å². The van der Waals surface area contributed by atoms with E-state index in [-0.39, 0.29) is 5.91 Å². The topological polar surface area (TPSA) is 67.0 Å². The molecule has 1 aromatic carbocycles. The number of hydrogen-bond acceptors (Lipinski definition) is 5. The van der Waals surface area contributed by atoms with Gasteiger partial charge in [-0.05, 0) is 30.7 Å². The van der Waals surface area contributed by atoms with Gasteiger partial charge in [-0.25, -0.2) is 0 Å². The van der Waals surface area contributed by atoms with Crippen molar-refractivity contribution in [3.8, 4) is 11.3 Å². The lowest BCUT2D eigenvalue weighted by Gasteiger charge is -2.03. The molecule has 0 spiro atoms. The molecule has 0 bridgehead atoms. The van der Waals surface area contributed by atoms with E-state index in [4.69, 9.17) is 16.0 Å². The third-order valence-electron chi connectivity index (χ3n) is 3.08. The van der Waals surface area contributed by atoms with E-state index in [0.29, 0.717) is 21.7 Å². The third-order valence-corrected chi connectivity index (χ3v) is 4.35. The summed E-state index contributed by atoms with van der Waals surface area (Å²) in [5.74, 6) is 1.62. The van der Waals surface area contributed by atoms with Crippen molar-refractivity contribution in [1.82, 2.24) is 5.32 Å². The van der Waals surface area contributed by atoms with Gasteiger partial charge in [0.2, 0.25) is 5.91 Å². The number of nitrogens with zero attached hydrogens (tertiary/aromatic N) is 2. The van der Waals surface area contributed by atoms with Gasteiger partial charge in [0.05, 0.1) is 12.0 Å². The Kier molecular flexibility index (Phi) is 4.31. The molecule has 1 aromatic heterocycles. The molecule has 0 unspecified atom stereocenters. The second-order valence-electron chi connectivity index (χ2n) is 4.60. The van der Waals surface area contributed by atoms with Crippen molar-refractivity contribution in [1.29, 1.82) is 0 Å². The molecule has 7 heteroatoms. The zero-order chi connectivity index (χ0) is 15.5. The number of nitrogens with one attached hydrogen (secondary N) is 1. The van der Waals surface area contributed by atoms with Gasteiger partial charge in [0, 0.05) is 10.6 Å². The predicted molar refractivity (Wildman–Crippen MR) is 89.5 cm³/mol. The first-order chi connectivity index (χ1) is 10.6. The summed E-state index contributed by atoms with van der Waals surface area (Å²) in [4.78, 5) is 11.0. The summed E-state index contributed by atoms with van der Waals surface area (Å²) in [6, 6.07) is 9.34. The predicted octanol–water partition coefficient (Wildman–Crippen LogP) is 3.46. The Hall–Kier alpha value is -2.05. The molecule has 0 saturated carbocycles. The lowest BCUT2D eigenvalue weighted by molar-refractivity contribution is -0.116. The number of rotatable bonds is 3. The number of halogens is 1. The van der Waals surface area contributed by atoms with Crippen LogP contribution in [-0.4, -0.2) is 23.0 Å². The Morgan fingerprint density at radius 3 is 3.00 bits per heavy atom. The number of furan rings is 1. The van der Waals surface area contributed by atoms with Crippen LogP contribution >= 0.6 is 23.4 Å². The number of amides is 1. The summed E-state index contributed by atoms with van der Waals surface area (Å²) in [6.45, 7) is 1.94. The molecule has 0 aliphatic carbocycles. The maximum atomic E-state index is 11.0. The highest BCUT2D eigenvalue weighted by Gasteiger charge is 2.16. The smallest absolute Gasteiger partial charge is 0.236 e. The van der Waals surface area contributed by atoms with Gasteiger partial charge < -0.3 is 9.73 Å². The fourth-order valence-electron chi connectivity index (χ4n) is 1.96. The van der Waals surface area contributed by atoms with Crippen molar-refractivity contribution in [2.24, 2.45) is 10.2 Å². The van der Waals surface area contributed by atoms with Crippen molar-refractivity contribution in [3.05, 3.63) is 46.7 Å². The van der Waals surface area contributed by atoms with E-state index in [2.05, 4.69) is 15.5 Å². The highest BCUT2D eigenvalue weighted by molar-refractivity contribution is 8.15. The lowest BCUT2D eigenvalue weighted by atomic mass is 10.1. The molecule has 1 N–H and O–H groups in total. The minimum absolute atomic E-state index is 0.0596. The first kappa shape index (κ1) is 14.9. The van der Waals surface area contributed by atoms with Crippen molar-refractivity contribution < 1.29 is 9.21 Å². The van der Waals surface area contributed by atoms with Crippen LogP contribution in [0.1, 0.15) is 11.3 Å². The summed E-state index contributed by atoms with van der Waals surface area (Å²) in [5.41, 5.74) is 1.91. The third kappa shape index (κ3) is 3.23. The van der Waals surface area contributed by atoms with Gasteiger partial charge in [-0.3, -0.25) is 4.79 Å². The van der Waals surface area contributed by atoms with Gasteiger partial charge in [0.1, 0.15) is 11.5 Å². The lowest BCUT2D eigenvalue weighted by Crippen LogP contribution is -2.19. The quantitative estimate of drug-likeness (QED) is 0.691. The molecule has 0 radical (unpaired) electrons. The molecule has 0 atom stereocenters. The fraction of sp³-hybridized carbons (Fsp3) is 0.133. The molecule has 3 rings (SSSR count). The second-order valence-corrected chi connectivity index (χ2v) is 5.97.